The molecule has 0 bridgehead atoms. The summed E-state index contributed by atoms with van der Waals surface area (Å²) in [6.45, 7) is 5.49. The monoisotopic (exact) mass is 463 g/mol. The average molecular weight is 463 g/mol. The van der Waals surface area contributed by atoms with Crippen molar-refractivity contribution in [2.75, 3.05) is 10.6 Å². The van der Waals surface area contributed by atoms with Crippen molar-refractivity contribution in [2.45, 2.75) is 26.8 Å². The van der Waals surface area contributed by atoms with Crippen LogP contribution in [0.25, 0.3) is 0 Å². The Balaban J connectivity index is 1.77. The molecule has 0 atom stereocenters. The number of carbonyl (C=O) groups is 3. The van der Waals surface area contributed by atoms with E-state index in [1.807, 2.05) is 25.1 Å². The van der Waals surface area contributed by atoms with Crippen LogP contribution >= 0.6 is 22.6 Å². The molecule has 3 rings (SSSR count). The van der Waals surface area contributed by atoms with Crippen LogP contribution in [0.2, 0.25) is 0 Å². The van der Waals surface area contributed by atoms with E-state index < -0.39 is 6.03 Å². The van der Waals surface area contributed by atoms with Gasteiger partial charge >= 0.3 is 6.03 Å². The number of carbonyl (C=O) groups excluding carboxylic acids is 3. The van der Waals surface area contributed by atoms with E-state index in [2.05, 4.69) is 33.2 Å². The third-order valence-electron chi connectivity index (χ3n) is 4.13. The zero-order valence-electron chi connectivity index (χ0n) is 14.6. The van der Waals surface area contributed by atoms with Gasteiger partial charge in [-0.25, -0.2) is 4.79 Å². The summed E-state index contributed by atoms with van der Waals surface area (Å²) in [7, 11) is 0. The normalized spacial score (nSPS) is 13.2. The Morgan fingerprint density at radius 3 is 2.35 bits per heavy atom. The van der Waals surface area contributed by atoms with Crippen LogP contribution in [0.1, 0.15) is 40.1 Å². The summed E-state index contributed by atoms with van der Waals surface area (Å²) in [4.78, 5) is 38.2. The van der Waals surface area contributed by atoms with Gasteiger partial charge in [0.05, 0.1) is 11.1 Å². The fourth-order valence-electron chi connectivity index (χ4n) is 2.86. The number of nitrogens with zero attached hydrogens (tertiary/aromatic N) is 1. The molecule has 2 aromatic carbocycles. The number of nitrogens with one attached hydrogen (secondary N) is 2. The van der Waals surface area contributed by atoms with Gasteiger partial charge in [-0.3, -0.25) is 14.5 Å². The topological polar surface area (TPSA) is 78.5 Å². The molecule has 134 valence electrons. The first-order chi connectivity index (χ1) is 12.3. The molecule has 0 fully saturated rings. The molecule has 0 aromatic heterocycles. The van der Waals surface area contributed by atoms with E-state index in [-0.39, 0.29) is 17.9 Å². The average Bonchev–Trinajstić information content (AvgIpc) is 2.81. The summed E-state index contributed by atoms with van der Waals surface area (Å²) in [5.41, 5.74) is 2.79. The van der Waals surface area contributed by atoms with Crippen LogP contribution in [0.3, 0.4) is 0 Å². The van der Waals surface area contributed by atoms with Crippen LogP contribution in [0.15, 0.2) is 36.4 Å². The van der Waals surface area contributed by atoms with Gasteiger partial charge < -0.3 is 10.6 Å². The van der Waals surface area contributed by atoms with E-state index in [9.17, 15) is 14.4 Å². The fraction of sp³-hybridized carbons (Fsp3) is 0.211. The first-order valence-corrected chi connectivity index (χ1v) is 9.22. The molecular formula is C19H18IN3O3. The SMILES string of the molecule is Cc1cc(I)ccc1NC(=O)Nc1ccc2c(c1)C(=O)N(C(C)C)C2=O. The van der Waals surface area contributed by atoms with E-state index in [1.54, 1.807) is 26.0 Å². The lowest BCUT2D eigenvalue weighted by molar-refractivity contribution is 0.0609. The number of benzene rings is 2. The maximum absolute atomic E-state index is 12.4. The number of halogens is 1. The Labute approximate surface area is 165 Å². The van der Waals surface area contributed by atoms with Crippen LogP contribution in [-0.2, 0) is 0 Å². The first-order valence-electron chi connectivity index (χ1n) is 8.14. The second-order valence-corrected chi connectivity index (χ2v) is 7.62. The molecule has 2 aromatic rings. The Bertz CT molecular complexity index is 924. The lowest BCUT2D eigenvalue weighted by Crippen LogP contribution is -2.35. The van der Waals surface area contributed by atoms with Gasteiger partial charge in [0.15, 0.2) is 0 Å². The number of imide groups is 1. The summed E-state index contributed by atoms with van der Waals surface area (Å²) in [5.74, 6) is -0.636. The Kier molecular flexibility index (Phi) is 4.99. The lowest BCUT2D eigenvalue weighted by Gasteiger charge is -2.17. The minimum Gasteiger partial charge on any atom is -0.308 e. The minimum atomic E-state index is -0.410. The van der Waals surface area contributed by atoms with E-state index >= 15 is 0 Å². The zero-order valence-corrected chi connectivity index (χ0v) is 16.7. The number of hydrogen-bond acceptors (Lipinski definition) is 3. The van der Waals surface area contributed by atoms with E-state index in [1.165, 1.54) is 11.0 Å². The number of rotatable bonds is 3. The first kappa shape index (κ1) is 18.4. The fourth-order valence-corrected chi connectivity index (χ4v) is 3.51. The third kappa shape index (κ3) is 3.44. The van der Waals surface area contributed by atoms with Gasteiger partial charge in [-0.1, -0.05) is 0 Å². The maximum Gasteiger partial charge on any atom is 0.323 e. The Morgan fingerprint density at radius 2 is 1.69 bits per heavy atom. The molecule has 1 heterocycles. The van der Waals surface area contributed by atoms with Crippen LogP contribution in [0, 0.1) is 10.5 Å². The van der Waals surface area contributed by atoms with Crippen LogP contribution in [0.5, 0.6) is 0 Å². The summed E-state index contributed by atoms with van der Waals surface area (Å²) in [6.07, 6.45) is 0. The molecule has 0 unspecified atom stereocenters. The van der Waals surface area contributed by atoms with E-state index in [0.29, 0.717) is 22.5 Å². The van der Waals surface area contributed by atoms with Crippen molar-refractivity contribution in [3.63, 3.8) is 0 Å². The smallest absolute Gasteiger partial charge is 0.308 e. The van der Waals surface area contributed by atoms with Crippen molar-refractivity contribution in [1.29, 1.82) is 0 Å². The molecule has 1 aliphatic heterocycles. The molecule has 1 aliphatic rings. The molecule has 0 aliphatic carbocycles. The second-order valence-electron chi connectivity index (χ2n) is 6.37. The standard InChI is InChI=1S/C19H18IN3O3/c1-10(2)23-17(24)14-6-5-13(9-15(14)18(23)25)21-19(26)22-16-7-4-12(20)8-11(16)3/h4-10H,1-3H3,(H2,21,22,26). The lowest BCUT2D eigenvalue weighted by atomic mass is 10.1. The highest BCUT2D eigenvalue weighted by Gasteiger charge is 2.37. The molecule has 0 saturated heterocycles. The molecule has 4 amide bonds. The summed E-state index contributed by atoms with van der Waals surface area (Å²) >= 11 is 2.21. The van der Waals surface area contributed by atoms with Crippen molar-refractivity contribution < 1.29 is 14.4 Å². The largest absolute Gasteiger partial charge is 0.323 e. The van der Waals surface area contributed by atoms with Gasteiger partial charge in [0.2, 0.25) is 0 Å². The van der Waals surface area contributed by atoms with Crippen LogP contribution < -0.4 is 10.6 Å². The van der Waals surface area contributed by atoms with Crippen molar-refractivity contribution in [1.82, 2.24) is 4.90 Å². The maximum atomic E-state index is 12.4. The minimum absolute atomic E-state index is 0.217. The van der Waals surface area contributed by atoms with Gasteiger partial charge in [0.1, 0.15) is 0 Å². The van der Waals surface area contributed by atoms with Crippen molar-refractivity contribution in [3.05, 3.63) is 56.7 Å². The predicted molar refractivity (Wildman–Crippen MR) is 109 cm³/mol. The molecule has 0 spiro atoms. The Hall–Kier alpha value is -2.42. The summed E-state index contributed by atoms with van der Waals surface area (Å²) < 4.78 is 1.09. The number of fused-ring (bicyclic) bond motifs is 1. The molecule has 2 N–H and O–H groups in total. The number of amides is 4. The van der Waals surface area contributed by atoms with Gasteiger partial charge in [-0.15, -0.1) is 0 Å². The number of aryl methyl sites for hydroxylation is 1. The zero-order chi connectivity index (χ0) is 19.0. The van der Waals surface area contributed by atoms with E-state index in [0.717, 1.165) is 9.13 Å². The highest BCUT2D eigenvalue weighted by atomic mass is 127. The van der Waals surface area contributed by atoms with Crippen molar-refractivity contribution >= 4 is 51.8 Å². The van der Waals surface area contributed by atoms with Crippen LogP contribution in [0.4, 0.5) is 16.2 Å². The number of anilines is 2. The number of hydrogen-bond donors (Lipinski definition) is 2. The van der Waals surface area contributed by atoms with Crippen LogP contribution in [-0.4, -0.2) is 28.8 Å². The Morgan fingerprint density at radius 1 is 1.00 bits per heavy atom. The summed E-state index contributed by atoms with van der Waals surface area (Å²) in [6, 6.07) is 9.82. The third-order valence-corrected chi connectivity index (χ3v) is 4.80. The van der Waals surface area contributed by atoms with Gasteiger partial charge in [0.25, 0.3) is 11.8 Å². The van der Waals surface area contributed by atoms with E-state index in [4.69, 9.17) is 0 Å². The highest BCUT2D eigenvalue weighted by molar-refractivity contribution is 14.1. The van der Waals surface area contributed by atoms with Gasteiger partial charge in [-0.2, -0.15) is 0 Å². The highest BCUT2D eigenvalue weighted by Crippen LogP contribution is 2.27. The van der Waals surface area contributed by atoms with Crippen molar-refractivity contribution in [3.8, 4) is 0 Å². The molecule has 6 nitrogen and oxygen atoms in total. The quantitative estimate of drug-likeness (QED) is 0.528. The van der Waals surface area contributed by atoms with Gasteiger partial charge in [-0.05, 0) is 85.3 Å². The molecule has 0 saturated carbocycles. The number of urea groups is 1. The van der Waals surface area contributed by atoms with Gasteiger partial charge in [0, 0.05) is 21.0 Å². The molecule has 7 heteroatoms. The molecular weight excluding hydrogens is 445 g/mol. The predicted octanol–water partition coefficient (Wildman–Crippen LogP) is 4.25. The summed E-state index contributed by atoms with van der Waals surface area (Å²) in [5, 5.41) is 5.49. The van der Waals surface area contributed by atoms with Crippen molar-refractivity contribution in [2.24, 2.45) is 0 Å². The second kappa shape index (κ2) is 7.06. The molecule has 26 heavy (non-hydrogen) atoms. The molecule has 0 radical (unpaired) electrons.